The van der Waals surface area contributed by atoms with Crippen molar-refractivity contribution in [2.45, 2.75) is 16.4 Å². The number of fused-ring (bicyclic) bond motifs is 1. The molecule has 1 N–H and O–H groups in total. The van der Waals surface area contributed by atoms with Crippen molar-refractivity contribution >= 4 is 51.6 Å². The molecule has 2 rings (SSSR count). The minimum atomic E-state index is -1.88. The summed E-state index contributed by atoms with van der Waals surface area (Å²) >= 11 is 16.9. The van der Waals surface area contributed by atoms with E-state index in [0.29, 0.717) is 6.54 Å². The molecule has 0 aliphatic rings. The van der Waals surface area contributed by atoms with Crippen molar-refractivity contribution in [3.8, 4) is 5.75 Å². The van der Waals surface area contributed by atoms with Gasteiger partial charge in [0.1, 0.15) is 11.9 Å². The van der Waals surface area contributed by atoms with Gasteiger partial charge < -0.3 is 14.0 Å². The number of hydrogen-bond donors (Lipinski definition) is 1. The molecule has 1 aromatic heterocycles. The molecule has 0 saturated carbocycles. The highest BCUT2D eigenvalue weighted by Gasteiger charge is 2.30. The normalized spacial score (nSPS) is 12.9. The van der Waals surface area contributed by atoms with E-state index in [9.17, 15) is 0 Å². The lowest BCUT2D eigenvalue weighted by Gasteiger charge is -2.20. The number of hydrogen-bond acceptors (Lipinski definition) is 3. The minimum absolute atomic E-state index is 0.430. The zero-order valence-corrected chi connectivity index (χ0v) is 14.1. The molecular weight excluding hydrogens is 347 g/mol. The number of methoxy groups -OCH3 is 1. The molecule has 1 unspecified atom stereocenters. The maximum Gasteiger partial charge on any atom is 0.265 e. The number of halogens is 3. The van der Waals surface area contributed by atoms with E-state index in [1.54, 1.807) is 13.2 Å². The first-order valence-electron chi connectivity index (χ1n) is 6.43. The van der Waals surface area contributed by atoms with Crippen molar-refractivity contribution in [1.29, 1.82) is 5.41 Å². The van der Waals surface area contributed by atoms with Gasteiger partial charge in [0.2, 0.25) is 5.90 Å². The van der Waals surface area contributed by atoms with E-state index in [4.69, 9.17) is 49.7 Å². The maximum absolute atomic E-state index is 7.63. The van der Waals surface area contributed by atoms with Gasteiger partial charge in [0, 0.05) is 17.1 Å². The van der Waals surface area contributed by atoms with Gasteiger partial charge in [0.25, 0.3) is 3.79 Å². The zero-order chi connectivity index (χ0) is 16.3. The van der Waals surface area contributed by atoms with Crippen molar-refractivity contribution in [2.24, 2.45) is 0 Å². The van der Waals surface area contributed by atoms with Crippen LogP contribution in [0.2, 0.25) is 0 Å². The summed E-state index contributed by atoms with van der Waals surface area (Å²) in [6.07, 6.45) is 3.00. The third kappa shape index (κ3) is 3.88. The number of benzene rings is 1. The third-order valence-electron chi connectivity index (χ3n) is 3.14. The van der Waals surface area contributed by atoms with Crippen molar-refractivity contribution in [3.63, 3.8) is 0 Å². The van der Waals surface area contributed by atoms with Crippen LogP contribution < -0.4 is 4.74 Å². The number of nitrogens with one attached hydrogen (secondary N) is 1. The van der Waals surface area contributed by atoms with Gasteiger partial charge in [-0.15, -0.1) is 0 Å². The summed E-state index contributed by atoms with van der Waals surface area (Å²) in [5.41, 5.74) is 1.01. The van der Waals surface area contributed by atoms with Crippen LogP contribution in [-0.2, 0) is 11.3 Å². The second kappa shape index (κ2) is 6.82. The fourth-order valence-corrected chi connectivity index (χ4v) is 2.17. The van der Waals surface area contributed by atoms with Crippen LogP contribution in [0.5, 0.6) is 5.75 Å². The first kappa shape index (κ1) is 17.0. The summed E-state index contributed by atoms with van der Waals surface area (Å²) in [7, 11) is 1.63. The Kier molecular flexibility index (Phi) is 5.27. The highest BCUT2D eigenvalue weighted by atomic mass is 35.6. The number of ether oxygens (including phenoxy) is 2. The summed E-state index contributed by atoms with van der Waals surface area (Å²) in [6.45, 7) is 4.15. The van der Waals surface area contributed by atoms with Crippen molar-refractivity contribution in [1.82, 2.24) is 4.57 Å². The number of aromatic nitrogens is 1. The van der Waals surface area contributed by atoms with Crippen LogP contribution in [0, 0.1) is 5.41 Å². The second-order valence-electron chi connectivity index (χ2n) is 4.61. The molecule has 0 saturated heterocycles. The Hall–Kier alpha value is -1.36. The molecule has 1 atom stereocenters. The third-order valence-corrected chi connectivity index (χ3v) is 3.66. The molecule has 0 bridgehead atoms. The Morgan fingerprint density at radius 2 is 2.14 bits per heavy atom. The number of rotatable bonds is 5. The molecule has 0 radical (unpaired) electrons. The summed E-state index contributed by atoms with van der Waals surface area (Å²) in [4.78, 5) is 0. The van der Waals surface area contributed by atoms with Crippen LogP contribution >= 0.6 is 34.8 Å². The SMILES string of the molecule is C=CC(Cn1ccc2cc(OC)ccc21)OC(=N)C(Cl)(Cl)Cl. The molecule has 0 spiro atoms. The smallest absolute Gasteiger partial charge is 0.265 e. The first-order chi connectivity index (χ1) is 10.3. The minimum Gasteiger partial charge on any atom is -0.497 e. The van der Waals surface area contributed by atoms with Crippen molar-refractivity contribution in [2.75, 3.05) is 7.11 Å². The van der Waals surface area contributed by atoms with E-state index in [1.807, 2.05) is 35.0 Å². The maximum atomic E-state index is 7.63. The van der Waals surface area contributed by atoms with Gasteiger partial charge >= 0.3 is 0 Å². The average molecular weight is 362 g/mol. The van der Waals surface area contributed by atoms with Crippen LogP contribution in [0.15, 0.2) is 43.1 Å². The predicted octanol–water partition coefficient (Wildman–Crippen LogP) is 4.57. The van der Waals surface area contributed by atoms with E-state index in [1.165, 1.54) is 0 Å². The van der Waals surface area contributed by atoms with Gasteiger partial charge in [0.05, 0.1) is 13.7 Å². The largest absolute Gasteiger partial charge is 0.497 e. The van der Waals surface area contributed by atoms with Crippen LogP contribution in [0.4, 0.5) is 0 Å². The van der Waals surface area contributed by atoms with Gasteiger partial charge in [-0.1, -0.05) is 41.4 Å². The summed E-state index contributed by atoms with van der Waals surface area (Å²) in [5.74, 6) is 0.361. The van der Waals surface area contributed by atoms with Crippen LogP contribution in [-0.4, -0.2) is 27.5 Å². The van der Waals surface area contributed by atoms with Crippen LogP contribution in [0.3, 0.4) is 0 Å². The molecule has 2 aromatic rings. The van der Waals surface area contributed by atoms with Crippen molar-refractivity contribution < 1.29 is 9.47 Å². The molecule has 118 valence electrons. The molecule has 1 aromatic carbocycles. The molecule has 4 nitrogen and oxygen atoms in total. The lowest BCUT2D eigenvalue weighted by molar-refractivity contribution is 0.209. The van der Waals surface area contributed by atoms with Crippen molar-refractivity contribution in [3.05, 3.63) is 43.1 Å². The summed E-state index contributed by atoms with van der Waals surface area (Å²) in [6, 6.07) is 7.75. The Balaban J connectivity index is 2.18. The Morgan fingerprint density at radius 1 is 1.41 bits per heavy atom. The first-order valence-corrected chi connectivity index (χ1v) is 7.56. The second-order valence-corrected chi connectivity index (χ2v) is 6.89. The summed E-state index contributed by atoms with van der Waals surface area (Å²) in [5, 5.41) is 8.67. The predicted molar refractivity (Wildman–Crippen MR) is 91.6 cm³/mol. The molecule has 22 heavy (non-hydrogen) atoms. The average Bonchev–Trinajstić information content (AvgIpc) is 2.87. The van der Waals surface area contributed by atoms with Gasteiger partial charge in [0.15, 0.2) is 0 Å². The quantitative estimate of drug-likeness (QED) is 0.367. The standard InChI is InChI=1S/C15H15Cl3N2O2/c1-3-11(22-14(19)15(16,17)18)9-20-7-6-10-8-12(21-2)4-5-13(10)20/h3-8,11,19H,1,9H2,2H3. The van der Waals surface area contributed by atoms with Crippen LogP contribution in [0.1, 0.15) is 0 Å². The molecule has 1 heterocycles. The molecule has 0 aliphatic heterocycles. The molecule has 7 heteroatoms. The van der Waals surface area contributed by atoms with Gasteiger partial charge in [-0.05, 0) is 30.3 Å². The fraction of sp³-hybridized carbons (Fsp3) is 0.267. The van der Waals surface area contributed by atoms with E-state index in [2.05, 4.69) is 6.58 Å². The monoisotopic (exact) mass is 360 g/mol. The van der Waals surface area contributed by atoms with Gasteiger partial charge in [-0.3, -0.25) is 5.41 Å². The van der Waals surface area contributed by atoms with E-state index in [0.717, 1.165) is 16.7 Å². The van der Waals surface area contributed by atoms with E-state index in [-0.39, 0.29) is 0 Å². The van der Waals surface area contributed by atoms with Crippen LogP contribution in [0.25, 0.3) is 10.9 Å². The Morgan fingerprint density at radius 3 is 2.73 bits per heavy atom. The lowest BCUT2D eigenvalue weighted by Crippen LogP contribution is -2.28. The molecule has 0 aliphatic carbocycles. The van der Waals surface area contributed by atoms with Gasteiger partial charge in [-0.25, -0.2) is 0 Å². The number of alkyl halides is 3. The van der Waals surface area contributed by atoms with Gasteiger partial charge in [-0.2, -0.15) is 0 Å². The Bertz CT molecular complexity index is 692. The molecule has 0 amide bonds. The Labute approximate surface area is 143 Å². The topological polar surface area (TPSA) is 47.2 Å². The highest BCUT2D eigenvalue weighted by molar-refractivity contribution is 6.76. The zero-order valence-electron chi connectivity index (χ0n) is 11.9. The molecule has 0 fully saturated rings. The number of nitrogens with zero attached hydrogens (tertiary/aromatic N) is 1. The fourth-order valence-electron chi connectivity index (χ4n) is 2.04. The summed E-state index contributed by atoms with van der Waals surface area (Å²) < 4.78 is 10.7. The highest BCUT2D eigenvalue weighted by Crippen LogP contribution is 2.29. The van der Waals surface area contributed by atoms with E-state index < -0.39 is 15.8 Å². The molecular formula is C15H15Cl3N2O2. The lowest BCUT2D eigenvalue weighted by atomic mass is 10.2. The van der Waals surface area contributed by atoms with E-state index >= 15 is 0 Å².